The lowest BCUT2D eigenvalue weighted by Gasteiger charge is -2.22. The zero-order valence-corrected chi connectivity index (χ0v) is 19.3. The molecule has 0 aliphatic carbocycles. The molecular weight excluding hydrogens is 456 g/mol. The number of nitrogens with zero attached hydrogens (tertiary/aromatic N) is 2. The van der Waals surface area contributed by atoms with Gasteiger partial charge < -0.3 is 9.15 Å². The Morgan fingerprint density at radius 1 is 1.09 bits per heavy atom. The number of esters is 1. The molecule has 2 aromatic heterocycles. The molecule has 0 fully saturated rings. The Kier molecular flexibility index (Phi) is 5.13. The smallest absolute Gasteiger partial charge is 0.337 e. The van der Waals surface area contributed by atoms with Crippen LogP contribution in [0, 0.1) is 6.92 Å². The van der Waals surface area contributed by atoms with Crippen LogP contribution in [0.2, 0.25) is 0 Å². The van der Waals surface area contributed by atoms with E-state index < -0.39 is 17.9 Å². The first-order valence-electron chi connectivity index (χ1n) is 10.4. The van der Waals surface area contributed by atoms with E-state index in [0.717, 1.165) is 11.3 Å². The number of thiazole rings is 1. The minimum atomic E-state index is -0.847. The van der Waals surface area contributed by atoms with Gasteiger partial charge in [0.05, 0.1) is 40.2 Å². The largest absolute Gasteiger partial charge is 0.465 e. The molecular formula is C25H18N2O6S. The Morgan fingerprint density at radius 2 is 1.79 bits per heavy atom. The number of aryl methyl sites for hydroxylation is 1. The summed E-state index contributed by atoms with van der Waals surface area (Å²) in [4.78, 5) is 57.4. The van der Waals surface area contributed by atoms with Crippen molar-refractivity contribution >= 4 is 45.1 Å². The highest BCUT2D eigenvalue weighted by molar-refractivity contribution is 7.17. The molecule has 8 nitrogen and oxygen atoms in total. The lowest BCUT2D eigenvalue weighted by atomic mass is 9.98. The third kappa shape index (κ3) is 3.24. The van der Waals surface area contributed by atoms with Crippen molar-refractivity contribution in [3.8, 4) is 0 Å². The SMILES string of the molecule is COC(=O)c1ccc([C@H]2c3c(oc4ccccc4c3=O)C(=O)N2c2nc(C)c(C(C)=O)s2)cc1. The van der Waals surface area contributed by atoms with Crippen LogP contribution in [0.3, 0.4) is 0 Å². The van der Waals surface area contributed by atoms with E-state index >= 15 is 0 Å². The van der Waals surface area contributed by atoms with E-state index in [-0.39, 0.29) is 27.7 Å². The standard InChI is InChI=1S/C25H18N2O6S/c1-12-22(13(2)28)34-25(26-12)27-19(14-8-10-15(11-9-14)24(31)32-3)18-20(29)16-6-4-5-7-17(16)33-21(18)23(27)30/h4-11,19H,1-3H3/t19-/m0/s1. The summed E-state index contributed by atoms with van der Waals surface area (Å²) in [5.41, 5.74) is 1.58. The van der Waals surface area contributed by atoms with E-state index in [1.165, 1.54) is 18.9 Å². The Labute approximate surface area is 197 Å². The highest BCUT2D eigenvalue weighted by Crippen LogP contribution is 2.43. The maximum atomic E-state index is 13.6. The number of hydrogen-bond donors (Lipinski definition) is 0. The first kappa shape index (κ1) is 21.7. The summed E-state index contributed by atoms with van der Waals surface area (Å²) in [6.45, 7) is 3.13. The van der Waals surface area contributed by atoms with Gasteiger partial charge in [-0.3, -0.25) is 19.3 Å². The summed E-state index contributed by atoms with van der Waals surface area (Å²) in [5, 5.41) is 0.636. The normalized spacial score (nSPS) is 15.0. The highest BCUT2D eigenvalue weighted by atomic mass is 32.1. The average molecular weight is 474 g/mol. The van der Waals surface area contributed by atoms with Gasteiger partial charge in [-0.1, -0.05) is 35.6 Å². The number of rotatable bonds is 4. The number of carbonyl (C=O) groups excluding carboxylic acids is 3. The first-order chi connectivity index (χ1) is 16.3. The molecule has 0 unspecified atom stereocenters. The van der Waals surface area contributed by atoms with Crippen LogP contribution in [0.5, 0.6) is 0 Å². The second-order valence-electron chi connectivity index (χ2n) is 7.83. The number of fused-ring (bicyclic) bond motifs is 2. The van der Waals surface area contributed by atoms with Crippen LogP contribution in [0.4, 0.5) is 5.13 Å². The van der Waals surface area contributed by atoms with E-state index in [1.54, 1.807) is 55.5 Å². The van der Waals surface area contributed by atoms with E-state index in [4.69, 9.17) is 9.15 Å². The minimum Gasteiger partial charge on any atom is -0.465 e. The zero-order valence-electron chi connectivity index (χ0n) is 18.4. The van der Waals surface area contributed by atoms with Crippen molar-refractivity contribution in [2.75, 3.05) is 12.0 Å². The summed E-state index contributed by atoms with van der Waals surface area (Å²) >= 11 is 1.09. The van der Waals surface area contributed by atoms with Gasteiger partial charge in [0.1, 0.15) is 5.58 Å². The molecule has 4 aromatic rings. The summed E-state index contributed by atoms with van der Waals surface area (Å²) in [6.07, 6.45) is 0. The third-order valence-corrected chi connectivity index (χ3v) is 6.99. The maximum absolute atomic E-state index is 13.6. The van der Waals surface area contributed by atoms with Gasteiger partial charge in [-0.05, 0) is 36.8 Å². The summed E-state index contributed by atoms with van der Waals surface area (Å²) < 4.78 is 10.7. The maximum Gasteiger partial charge on any atom is 0.337 e. The number of anilines is 1. The molecule has 0 N–H and O–H groups in total. The number of amides is 1. The number of Topliss-reactive ketones (excluding diaryl/α,β-unsaturated/α-hetero) is 1. The molecule has 1 aliphatic rings. The van der Waals surface area contributed by atoms with Crippen molar-refractivity contribution in [1.82, 2.24) is 4.98 Å². The van der Waals surface area contributed by atoms with Crippen LogP contribution < -0.4 is 10.3 Å². The molecule has 0 radical (unpaired) electrons. The van der Waals surface area contributed by atoms with Crippen molar-refractivity contribution in [3.63, 3.8) is 0 Å². The van der Waals surface area contributed by atoms with E-state index in [9.17, 15) is 19.2 Å². The van der Waals surface area contributed by atoms with Crippen LogP contribution in [0.15, 0.2) is 57.7 Å². The van der Waals surface area contributed by atoms with Crippen molar-refractivity contribution in [1.29, 1.82) is 0 Å². The zero-order chi connectivity index (χ0) is 24.1. The summed E-state index contributed by atoms with van der Waals surface area (Å²) in [5.74, 6) is -1.26. The molecule has 2 aromatic carbocycles. The number of ether oxygens (including phenoxy) is 1. The molecule has 9 heteroatoms. The van der Waals surface area contributed by atoms with Crippen molar-refractivity contribution in [3.05, 3.63) is 91.8 Å². The number of ketones is 1. The van der Waals surface area contributed by atoms with E-state index in [1.807, 2.05) is 0 Å². The Balaban J connectivity index is 1.75. The molecule has 170 valence electrons. The van der Waals surface area contributed by atoms with Crippen LogP contribution >= 0.6 is 11.3 Å². The summed E-state index contributed by atoms with van der Waals surface area (Å²) in [7, 11) is 1.29. The Bertz CT molecular complexity index is 1550. The molecule has 34 heavy (non-hydrogen) atoms. The fraction of sp³-hybridized carbons (Fsp3) is 0.160. The van der Waals surface area contributed by atoms with Crippen molar-refractivity contribution in [2.45, 2.75) is 19.9 Å². The Morgan fingerprint density at radius 3 is 2.44 bits per heavy atom. The van der Waals surface area contributed by atoms with Gasteiger partial charge in [0.2, 0.25) is 5.76 Å². The second-order valence-corrected chi connectivity index (χ2v) is 8.81. The average Bonchev–Trinajstić information content (AvgIpc) is 3.36. The van der Waals surface area contributed by atoms with E-state index in [2.05, 4.69) is 4.98 Å². The summed E-state index contributed by atoms with van der Waals surface area (Å²) in [6, 6.07) is 12.3. The number of aromatic nitrogens is 1. The van der Waals surface area contributed by atoms with Crippen molar-refractivity contribution < 1.29 is 23.5 Å². The predicted molar refractivity (Wildman–Crippen MR) is 126 cm³/mol. The number of benzene rings is 2. The lowest BCUT2D eigenvalue weighted by molar-refractivity contribution is 0.0600. The quantitative estimate of drug-likeness (QED) is 0.321. The molecule has 1 aliphatic heterocycles. The molecule has 0 bridgehead atoms. The number of hydrogen-bond acceptors (Lipinski definition) is 8. The molecule has 1 amide bonds. The lowest BCUT2D eigenvalue weighted by Crippen LogP contribution is -2.29. The number of para-hydroxylation sites is 1. The molecule has 0 saturated heterocycles. The molecule has 0 saturated carbocycles. The van der Waals surface area contributed by atoms with Crippen LogP contribution in [-0.4, -0.2) is 29.8 Å². The van der Waals surface area contributed by atoms with Gasteiger partial charge in [-0.15, -0.1) is 0 Å². The first-order valence-corrected chi connectivity index (χ1v) is 11.2. The van der Waals surface area contributed by atoms with E-state index in [0.29, 0.717) is 32.7 Å². The van der Waals surface area contributed by atoms with Crippen molar-refractivity contribution in [2.24, 2.45) is 0 Å². The molecule has 1 atom stereocenters. The third-order valence-electron chi connectivity index (χ3n) is 5.74. The number of carbonyl (C=O) groups is 3. The monoisotopic (exact) mass is 474 g/mol. The molecule has 5 rings (SSSR count). The highest BCUT2D eigenvalue weighted by Gasteiger charge is 2.45. The minimum absolute atomic E-state index is 0.0667. The fourth-order valence-corrected chi connectivity index (χ4v) is 5.15. The molecule has 3 heterocycles. The van der Waals surface area contributed by atoms with Gasteiger partial charge >= 0.3 is 5.97 Å². The van der Waals surface area contributed by atoms with Gasteiger partial charge in [-0.25, -0.2) is 9.78 Å². The second kappa shape index (κ2) is 8.03. The Hall–Kier alpha value is -4.11. The van der Waals surface area contributed by atoms with Crippen LogP contribution in [0.1, 0.15) is 60.4 Å². The van der Waals surface area contributed by atoms with Gasteiger partial charge in [0, 0.05) is 6.92 Å². The van der Waals surface area contributed by atoms with Crippen LogP contribution in [-0.2, 0) is 4.74 Å². The van der Waals surface area contributed by atoms with Gasteiger partial charge in [0.15, 0.2) is 16.3 Å². The topological polar surface area (TPSA) is 107 Å². The fourth-order valence-electron chi connectivity index (χ4n) is 4.16. The van der Waals surface area contributed by atoms with Gasteiger partial charge in [-0.2, -0.15) is 0 Å². The van der Waals surface area contributed by atoms with Crippen LogP contribution in [0.25, 0.3) is 11.0 Å². The van der Waals surface area contributed by atoms with Gasteiger partial charge in [0.25, 0.3) is 5.91 Å². The predicted octanol–water partition coefficient (Wildman–Crippen LogP) is 4.30. The number of methoxy groups -OCH3 is 1. The molecule has 0 spiro atoms.